The normalized spacial score (nSPS) is 10.3. The zero-order valence-electron chi connectivity index (χ0n) is 8.43. The minimum atomic E-state index is -0.226. The van der Waals surface area contributed by atoms with Gasteiger partial charge in [0, 0.05) is 18.3 Å². The number of hydrogen-bond donors (Lipinski definition) is 0. The monoisotopic (exact) mass is 398 g/mol. The zero-order chi connectivity index (χ0) is 11.3. The van der Waals surface area contributed by atoms with Crippen LogP contribution in [0.1, 0.15) is 16.8 Å². The molecular weight excluding hydrogens is 387 g/mol. The first-order chi connectivity index (χ1) is 7.15. The molecule has 82 valence electrons. The van der Waals surface area contributed by atoms with Crippen LogP contribution in [-0.4, -0.2) is 22.8 Å². The lowest BCUT2D eigenvalue weighted by atomic mass is 10.2. The highest BCUT2D eigenvalue weighted by molar-refractivity contribution is 14.1. The second kappa shape index (κ2) is 6.65. The molecule has 1 aromatic carbocycles. The Kier molecular flexibility index (Phi) is 5.84. The molecule has 0 amide bonds. The van der Waals surface area contributed by atoms with E-state index in [-0.39, 0.29) is 5.97 Å². The van der Waals surface area contributed by atoms with Crippen molar-refractivity contribution in [2.75, 3.05) is 6.61 Å². The van der Waals surface area contributed by atoms with E-state index in [0.29, 0.717) is 12.2 Å². The van der Waals surface area contributed by atoms with Crippen molar-refractivity contribution in [1.82, 2.24) is 0 Å². The Morgan fingerprint density at radius 2 is 2.27 bits per heavy atom. The van der Waals surface area contributed by atoms with Crippen molar-refractivity contribution in [3.63, 3.8) is 0 Å². The molecule has 5 heteroatoms. The van der Waals surface area contributed by atoms with Gasteiger partial charge in [-0.1, -0.05) is 22.0 Å². The van der Waals surface area contributed by atoms with Crippen molar-refractivity contribution in [3.8, 4) is 0 Å². The Morgan fingerprint density at radius 3 is 2.93 bits per heavy atom. The molecule has 0 aliphatic carbocycles. The van der Waals surface area contributed by atoms with Gasteiger partial charge in [0.05, 0.1) is 12.2 Å². The van der Waals surface area contributed by atoms with E-state index in [0.717, 1.165) is 14.5 Å². The van der Waals surface area contributed by atoms with E-state index in [4.69, 9.17) is 4.74 Å². The van der Waals surface area contributed by atoms with Gasteiger partial charge >= 0.3 is 5.97 Å². The quantitative estimate of drug-likeness (QED) is 0.337. The van der Waals surface area contributed by atoms with E-state index < -0.39 is 0 Å². The van der Waals surface area contributed by atoms with Gasteiger partial charge in [0.1, 0.15) is 0 Å². The molecule has 15 heavy (non-hydrogen) atoms. The van der Waals surface area contributed by atoms with Crippen molar-refractivity contribution in [2.24, 2.45) is 0 Å². The number of carbonyl (C=O) groups is 1. The second-order valence-corrected chi connectivity index (χ2v) is 6.19. The first-order valence-electron chi connectivity index (χ1n) is 4.77. The van der Waals surface area contributed by atoms with E-state index in [2.05, 4.69) is 38.5 Å². The molecule has 2 nitrogen and oxygen atoms in total. The number of ether oxygens (including phenoxy) is 1. The molecule has 0 heterocycles. The van der Waals surface area contributed by atoms with Gasteiger partial charge in [0.25, 0.3) is 0 Å². The summed E-state index contributed by atoms with van der Waals surface area (Å²) in [5, 5.41) is 0. The summed E-state index contributed by atoms with van der Waals surface area (Å²) in [6, 6.07) is 6.78. The molecule has 0 N–H and O–H groups in total. The fourth-order valence-corrected chi connectivity index (χ4v) is 2.25. The van der Waals surface area contributed by atoms with Gasteiger partial charge in [-0.15, -0.1) is 0 Å². The molecule has 0 aromatic heterocycles. The number of carbonyl (C=O) groups excluding carboxylic acids is 1. The Labute approximate surface area is 114 Å². The topological polar surface area (TPSA) is 26.3 Å². The molecule has 0 fully saturated rings. The molecule has 0 saturated heterocycles. The number of benzene rings is 1. The third kappa shape index (κ3) is 4.24. The molecule has 0 unspecified atom stereocenters. The molecular formula is C10H12BrIO2Si. The average molecular weight is 399 g/mol. The third-order valence-corrected chi connectivity index (χ3v) is 4.02. The van der Waals surface area contributed by atoms with Crippen LogP contribution in [0.25, 0.3) is 0 Å². The molecule has 0 spiro atoms. The Bertz CT molecular complexity index is 357. The predicted molar refractivity (Wildman–Crippen MR) is 76.5 cm³/mol. The van der Waals surface area contributed by atoms with Gasteiger partial charge < -0.3 is 4.74 Å². The minimum absolute atomic E-state index is 0.226. The van der Waals surface area contributed by atoms with Crippen LogP contribution in [0, 0.1) is 3.57 Å². The van der Waals surface area contributed by atoms with Gasteiger partial charge in [-0.05, 0) is 47.2 Å². The van der Waals surface area contributed by atoms with E-state index in [9.17, 15) is 4.79 Å². The highest BCUT2D eigenvalue weighted by Gasteiger charge is 2.11. The van der Waals surface area contributed by atoms with Crippen molar-refractivity contribution >= 4 is 54.7 Å². The summed E-state index contributed by atoms with van der Waals surface area (Å²) >= 11 is 5.48. The Morgan fingerprint density at radius 1 is 1.53 bits per heavy atom. The van der Waals surface area contributed by atoms with E-state index in [1.54, 1.807) is 6.07 Å². The van der Waals surface area contributed by atoms with E-state index in [1.807, 2.05) is 12.1 Å². The summed E-state index contributed by atoms with van der Waals surface area (Å²) in [7, 11) is 1.17. The maximum Gasteiger partial charge on any atom is 0.339 e. The smallest absolute Gasteiger partial charge is 0.339 e. The largest absolute Gasteiger partial charge is 0.462 e. The number of rotatable bonds is 4. The fourth-order valence-electron chi connectivity index (χ4n) is 1.04. The zero-order valence-corrected chi connectivity index (χ0v) is 14.2. The number of esters is 1. The van der Waals surface area contributed by atoms with Crippen LogP contribution >= 0.6 is 38.5 Å². The molecule has 0 saturated carbocycles. The van der Waals surface area contributed by atoms with Gasteiger partial charge in [0.15, 0.2) is 0 Å². The van der Waals surface area contributed by atoms with Gasteiger partial charge in [-0.25, -0.2) is 4.79 Å². The highest BCUT2D eigenvalue weighted by atomic mass is 127. The SMILES string of the molecule is O=C(OCCC[SiH3])c1cc(Br)ccc1I. The summed E-state index contributed by atoms with van der Waals surface area (Å²) in [6.45, 7) is 0.533. The van der Waals surface area contributed by atoms with Crippen LogP contribution in [0.2, 0.25) is 6.04 Å². The van der Waals surface area contributed by atoms with Crippen LogP contribution in [-0.2, 0) is 4.74 Å². The molecule has 0 aliphatic heterocycles. The summed E-state index contributed by atoms with van der Waals surface area (Å²) in [6.07, 6.45) is 0.975. The molecule has 0 radical (unpaired) electrons. The highest BCUT2D eigenvalue weighted by Crippen LogP contribution is 2.19. The first-order valence-corrected chi connectivity index (χ1v) is 8.06. The summed E-state index contributed by atoms with van der Waals surface area (Å²) in [5.74, 6) is -0.226. The van der Waals surface area contributed by atoms with Crippen LogP contribution in [0.4, 0.5) is 0 Å². The second-order valence-electron chi connectivity index (χ2n) is 3.11. The lowest BCUT2D eigenvalue weighted by Gasteiger charge is -2.05. The predicted octanol–water partition coefficient (Wildman–Crippen LogP) is 2.38. The van der Waals surface area contributed by atoms with Gasteiger partial charge in [0.2, 0.25) is 0 Å². The van der Waals surface area contributed by atoms with Crippen LogP contribution < -0.4 is 0 Å². The van der Waals surface area contributed by atoms with E-state index >= 15 is 0 Å². The minimum Gasteiger partial charge on any atom is -0.462 e. The molecule has 0 atom stereocenters. The molecule has 1 aromatic rings. The summed E-state index contributed by atoms with van der Waals surface area (Å²) in [4.78, 5) is 11.7. The molecule has 0 aliphatic rings. The fraction of sp³-hybridized carbons (Fsp3) is 0.300. The third-order valence-electron chi connectivity index (χ3n) is 1.88. The summed E-state index contributed by atoms with van der Waals surface area (Å²) < 4.78 is 6.99. The van der Waals surface area contributed by atoms with Crippen molar-refractivity contribution < 1.29 is 9.53 Å². The Balaban J connectivity index is 2.68. The lowest BCUT2D eigenvalue weighted by molar-refractivity contribution is 0.0504. The van der Waals surface area contributed by atoms with Gasteiger partial charge in [-0.2, -0.15) is 0 Å². The van der Waals surface area contributed by atoms with E-state index in [1.165, 1.54) is 16.3 Å². The standard InChI is InChI=1S/C10H12BrIO2Si/c11-7-2-3-9(12)8(6-7)10(13)14-4-1-5-15/h2-3,6H,1,4-5H2,15H3. The maximum atomic E-state index is 11.7. The number of halogens is 2. The van der Waals surface area contributed by atoms with Crippen LogP contribution in [0.3, 0.4) is 0 Å². The van der Waals surface area contributed by atoms with Gasteiger partial charge in [-0.3, -0.25) is 0 Å². The van der Waals surface area contributed by atoms with Crippen molar-refractivity contribution in [1.29, 1.82) is 0 Å². The molecule has 0 bridgehead atoms. The summed E-state index contributed by atoms with van der Waals surface area (Å²) in [5.41, 5.74) is 0.637. The Hall–Kier alpha value is 0.117. The lowest BCUT2D eigenvalue weighted by Crippen LogP contribution is -2.08. The van der Waals surface area contributed by atoms with Crippen LogP contribution in [0.15, 0.2) is 22.7 Å². The van der Waals surface area contributed by atoms with Crippen molar-refractivity contribution in [3.05, 3.63) is 31.8 Å². The first kappa shape index (κ1) is 13.2. The average Bonchev–Trinajstić information content (AvgIpc) is 2.22. The van der Waals surface area contributed by atoms with Crippen molar-refractivity contribution in [2.45, 2.75) is 12.5 Å². The number of hydrogen-bond acceptors (Lipinski definition) is 2. The van der Waals surface area contributed by atoms with Crippen LogP contribution in [0.5, 0.6) is 0 Å². The molecule has 1 rings (SSSR count). The maximum absolute atomic E-state index is 11.7.